The van der Waals surface area contributed by atoms with Crippen LogP contribution in [0.25, 0.3) is 0 Å². The fourth-order valence-electron chi connectivity index (χ4n) is 1.69. The van der Waals surface area contributed by atoms with E-state index in [4.69, 9.17) is 5.26 Å². The highest BCUT2D eigenvalue weighted by molar-refractivity contribution is 5.82. The molecular formula is C15H19N3O2. The number of benzene rings is 1. The summed E-state index contributed by atoms with van der Waals surface area (Å²) in [5, 5.41) is 11.7. The van der Waals surface area contributed by atoms with Gasteiger partial charge in [-0.25, -0.2) is 0 Å². The highest BCUT2D eigenvalue weighted by Crippen LogP contribution is 2.08. The first-order chi connectivity index (χ1) is 9.54. The Labute approximate surface area is 119 Å². The average Bonchev–Trinajstić information content (AvgIpc) is 2.45. The van der Waals surface area contributed by atoms with Gasteiger partial charge in [0.05, 0.1) is 6.07 Å². The molecule has 1 N–H and O–H groups in total. The zero-order chi connectivity index (χ0) is 15.0. The molecule has 1 aromatic carbocycles. The maximum absolute atomic E-state index is 11.9. The summed E-state index contributed by atoms with van der Waals surface area (Å²) in [6.45, 7) is 0.253. The second-order valence-electron chi connectivity index (χ2n) is 4.70. The van der Waals surface area contributed by atoms with E-state index in [0.29, 0.717) is 6.42 Å². The molecule has 1 aromatic rings. The smallest absolute Gasteiger partial charge is 0.237 e. The molecule has 5 nitrogen and oxygen atoms in total. The minimum Gasteiger partial charge on any atom is -0.354 e. The molecule has 0 heterocycles. The minimum absolute atomic E-state index is 0.0538. The second-order valence-corrected chi connectivity index (χ2v) is 4.70. The van der Waals surface area contributed by atoms with Crippen LogP contribution in [0.2, 0.25) is 0 Å². The SMILES string of the molecule is CN(C)C(=O)CCNC(=O)C(C#N)Cc1ccccc1. The summed E-state index contributed by atoms with van der Waals surface area (Å²) in [5.41, 5.74) is 0.943. The van der Waals surface area contributed by atoms with E-state index in [2.05, 4.69) is 5.32 Å². The van der Waals surface area contributed by atoms with Crippen molar-refractivity contribution in [1.82, 2.24) is 10.2 Å². The lowest BCUT2D eigenvalue weighted by Crippen LogP contribution is -2.34. The molecule has 0 aliphatic carbocycles. The lowest BCUT2D eigenvalue weighted by atomic mass is 10.00. The third kappa shape index (κ3) is 5.11. The van der Waals surface area contributed by atoms with E-state index >= 15 is 0 Å². The Bertz CT molecular complexity index is 492. The summed E-state index contributed by atoms with van der Waals surface area (Å²) in [7, 11) is 3.33. The molecule has 1 unspecified atom stereocenters. The van der Waals surface area contributed by atoms with Crippen LogP contribution in [0.3, 0.4) is 0 Å². The van der Waals surface area contributed by atoms with E-state index in [9.17, 15) is 9.59 Å². The number of nitriles is 1. The van der Waals surface area contributed by atoms with E-state index in [1.54, 1.807) is 14.1 Å². The third-order valence-electron chi connectivity index (χ3n) is 2.89. The number of nitrogens with one attached hydrogen (secondary N) is 1. The molecule has 2 amide bonds. The van der Waals surface area contributed by atoms with Crippen molar-refractivity contribution in [3.8, 4) is 6.07 Å². The van der Waals surface area contributed by atoms with Crippen LogP contribution in [0.1, 0.15) is 12.0 Å². The number of rotatable bonds is 6. The van der Waals surface area contributed by atoms with Crippen LogP contribution in [0.5, 0.6) is 0 Å². The second kappa shape index (κ2) is 7.95. The quantitative estimate of drug-likeness (QED) is 0.839. The summed E-state index contributed by atoms with van der Waals surface area (Å²) in [6.07, 6.45) is 0.618. The van der Waals surface area contributed by atoms with Gasteiger partial charge < -0.3 is 10.2 Å². The van der Waals surface area contributed by atoms with Crippen LogP contribution < -0.4 is 5.32 Å². The molecule has 0 aliphatic rings. The van der Waals surface area contributed by atoms with Gasteiger partial charge in [-0.15, -0.1) is 0 Å². The van der Waals surface area contributed by atoms with Crippen LogP contribution >= 0.6 is 0 Å². The topological polar surface area (TPSA) is 73.2 Å². The van der Waals surface area contributed by atoms with Gasteiger partial charge in [0.2, 0.25) is 11.8 Å². The molecule has 0 spiro atoms. The van der Waals surface area contributed by atoms with Gasteiger partial charge in [0, 0.05) is 27.1 Å². The maximum atomic E-state index is 11.9. The van der Waals surface area contributed by atoms with Gasteiger partial charge in [0.25, 0.3) is 0 Å². The summed E-state index contributed by atoms with van der Waals surface area (Å²) in [6, 6.07) is 11.4. The molecule has 0 radical (unpaired) electrons. The predicted octanol–water partition coefficient (Wildman–Crippen LogP) is 0.963. The molecule has 0 fully saturated rings. The predicted molar refractivity (Wildman–Crippen MR) is 75.6 cm³/mol. The molecule has 0 saturated carbocycles. The fourth-order valence-corrected chi connectivity index (χ4v) is 1.69. The van der Waals surface area contributed by atoms with Gasteiger partial charge in [-0.3, -0.25) is 9.59 Å². The van der Waals surface area contributed by atoms with Crippen molar-refractivity contribution in [2.75, 3.05) is 20.6 Å². The Hall–Kier alpha value is -2.35. The number of hydrogen-bond acceptors (Lipinski definition) is 3. The molecule has 106 valence electrons. The van der Waals surface area contributed by atoms with Gasteiger partial charge in [-0.2, -0.15) is 5.26 Å². The number of amides is 2. The minimum atomic E-state index is -0.730. The highest BCUT2D eigenvalue weighted by atomic mass is 16.2. The van der Waals surface area contributed by atoms with Crippen LogP contribution in [0.4, 0.5) is 0 Å². The van der Waals surface area contributed by atoms with E-state index in [1.807, 2.05) is 36.4 Å². The first-order valence-electron chi connectivity index (χ1n) is 6.46. The number of hydrogen-bond donors (Lipinski definition) is 1. The highest BCUT2D eigenvalue weighted by Gasteiger charge is 2.18. The van der Waals surface area contributed by atoms with Gasteiger partial charge in [0.15, 0.2) is 0 Å². The summed E-state index contributed by atoms with van der Waals surface area (Å²) in [4.78, 5) is 24.7. The van der Waals surface area contributed by atoms with Crippen LogP contribution in [0, 0.1) is 17.2 Å². The van der Waals surface area contributed by atoms with Gasteiger partial charge >= 0.3 is 0 Å². The Morgan fingerprint density at radius 1 is 1.30 bits per heavy atom. The van der Waals surface area contributed by atoms with Gasteiger partial charge in [0.1, 0.15) is 5.92 Å². The van der Waals surface area contributed by atoms with E-state index in [1.165, 1.54) is 4.90 Å². The molecule has 0 aromatic heterocycles. The van der Waals surface area contributed by atoms with Crippen molar-refractivity contribution in [3.05, 3.63) is 35.9 Å². The Morgan fingerprint density at radius 2 is 1.95 bits per heavy atom. The first kappa shape index (κ1) is 15.7. The Morgan fingerprint density at radius 3 is 2.50 bits per heavy atom. The van der Waals surface area contributed by atoms with Crippen molar-refractivity contribution in [2.24, 2.45) is 5.92 Å². The average molecular weight is 273 g/mol. The molecular weight excluding hydrogens is 254 g/mol. The fraction of sp³-hybridized carbons (Fsp3) is 0.400. The number of nitrogens with zero attached hydrogens (tertiary/aromatic N) is 2. The van der Waals surface area contributed by atoms with E-state index < -0.39 is 5.92 Å². The molecule has 5 heteroatoms. The largest absolute Gasteiger partial charge is 0.354 e. The normalized spacial score (nSPS) is 11.2. The summed E-state index contributed by atoms with van der Waals surface area (Å²) >= 11 is 0. The van der Waals surface area contributed by atoms with Crippen molar-refractivity contribution in [1.29, 1.82) is 5.26 Å². The lowest BCUT2D eigenvalue weighted by Gasteiger charge is -2.12. The zero-order valence-electron chi connectivity index (χ0n) is 11.8. The molecule has 0 aliphatic heterocycles. The monoisotopic (exact) mass is 273 g/mol. The molecule has 0 saturated heterocycles. The van der Waals surface area contributed by atoms with Crippen LogP contribution in [-0.4, -0.2) is 37.4 Å². The number of carbonyl (C=O) groups is 2. The van der Waals surface area contributed by atoms with Gasteiger partial charge in [-0.1, -0.05) is 30.3 Å². The summed E-state index contributed by atoms with van der Waals surface area (Å²) in [5.74, 6) is -1.11. The molecule has 20 heavy (non-hydrogen) atoms. The third-order valence-corrected chi connectivity index (χ3v) is 2.89. The Balaban J connectivity index is 2.44. The molecule has 1 rings (SSSR count). The van der Waals surface area contributed by atoms with Crippen molar-refractivity contribution < 1.29 is 9.59 Å². The first-order valence-corrected chi connectivity index (χ1v) is 6.46. The Kier molecular flexibility index (Phi) is 6.24. The van der Waals surface area contributed by atoms with Crippen LogP contribution in [-0.2, 0) is 16.0 Å². The summed E-state index contributed by atoms with van der Waals surface area (Å²) < 4.78 is 0. The van der Waals surface area contributed by atoms with E-state index in [0.717, 1.165) is 5.56 Å². The van der Waals surface area contributed by atoms with Crippen molar-refractivity contribution in [3.63, 3.8) is 0 Å². The molecule has 0 bridgehead atoms. The van der Waals surface area contributed by atoms with Gasteiger partial charge in [-0.05, 0) is 12.0 Å². The standard InChI is InChI=1S/C15H19N3O2/c1-18(2)14(19)8-9-17-15(20)13(11-16)10-12-6-4-3-5-7-12/h3-7,13H,8-10H2,1-2H3,(H,17,20). The van der Waals surface area contributed by atoms with Crippen LogP contribution in [0.15, 0.2) is 30.3 Å². The molecule has 1 atom stereocenters. The van der Waals surface area contributed by atoms with Crippen molar-refractivity contribution in [2.45, 2.75) is 12.8 Å². The zero-order valence-corrected chi connectivity index (χ0v) is 11.8. The number of carbonyl (C=O) groups excluding carboxylic acids is 2. The lowest BCUT2D eigenvalue weighted by molar-refractivity contribution is -0.128. The maximum Gasteiger partial charge on any atom is 0.237 e. The van der Waals surface area contributed by atoms with E-state index in [-0.39, 0.29) is 24.8 Å². The van der Waals surface area contributed by atoms with Crippen molar-refractivity contribution >= 4 is 11.8 Å².